The fourth-order valence-corrected chi connectivity index (χ4v) is 4.73. The summed E-state index contributed by atoms with van der Waals surface area (Å²) in [6.07, 6.45) is 3.53. The predicted molar refractivity (Wildman–Crippen MR) is 127 cm³/mol. The quantitative estimate of drug-likeness (QED) is 0.387. The van der Waals surface area contributed by atoms with E-state index in [9.17, 15) is 0 Å². The second kappa shape index (κ2) is 11.0. The van der Waals surface area contributed by atoms with Crippen LogP contribution in [-0.2, 0) is 6.42 Å². The third kappa shape index (κ3) is 5.78. The van der Waals surface area contributed by atoms with Gasteiger partial charge in [0.1, 0.15) is 0 Å². The number of rotatable bonds is 7. The van der Waals surface area contributed by atoms with Crippen LogP contribution in [0.4, 0.5) is 10.8 Å². The molecule has 0 saturated carbocycles. The van der Waals surface area contributed by atoms with Crippen LogP contribution in [0.25, 0.3) is 16.3 Å². The average Bonchev–Trinajstić information content (AvgIpc) is 3.17. The van der Waals surface area contributed by atoms with E-state index in [-0.39, 0.29) is 12.4 Å². The average molecular weight is 491 g/mol. The van der Waals surface area contributed by atoms with E-state index in [1.807, 2.05) is 47.1 Å². The molecule has 4 aromatic rings. The first-order chi connectivity index (χ1) is 14.6. The van der Waals surface area contributed by atoms with E-state index in [2.05, 4.69) is 36.5 Å². The van der Waals surface area contributed by atoms with Gasteiger partial charge in [-0.05, 0) is 64.8 Å². The van der Waals surface area contributed by atoms with Gasteiger partial charge in [-0.2, -0.15) is 0 Å². The molecule has 160 valence electrons. The topological polar surface area (TPSA) is 28.8 Å². The van der Waals surface area contributed by atoms with Gasteiger partial charge in [-0.3, -0.25) is 0 Å². The van der Waals surface area contributed by atoms with Crippen LogP contribution in [0.1, 0.15) is 25.3 Å². The summed E-state index contributed by atoms with van der Waals surface area (Å²) in [6, 6.07) is 24.1. The molecule has 0 unspecified atom stereocenters. The molecule has 1 N–H and O–H groups in total. The van der Waals surface area contributed by atoms with Gasteiger partial charge < -0.3 is 17.7 Å². The lowest BCUT2D eigenvalue weighted by Gasteiger charge is -2.03. The largest absolute Gasteiger partial charge is 1.00 e. The van der Waals surface area contributed by atoms with E-state index >= 15 is 0 Å². The molecule has 0 atom stereocenters. The number of aromatic nitrogens is 2. The van der Waals surface area contributed by atoms with Crippen LogP contribution in [0.5, 0.6) is 0 Å². The van der Waals surface area contributed by atoms with Crippen molar-refractivity contribution in [3.8, 4) is 16.3 Å². The molecular weight excluding hydrogens is 469 g/mol. The Hall–Kier alpha value is -2.11. The van der Waals surface area contributed by atoms with Gasteiger partial charge in [-0.25, -0.2) is 0 Å². The molecule has 0 aliphatic heterocycles. The van der Waals surface area contributed by atoms with Gasteiger partial charge in [0.25, 0.3) is 5.13 Å². The standard InChI is InChI=1S/C24H22Cl2N3S.ClH/c1-2-3-7-17-10-13-19(14-11-17)27-24-28-29(20-8-5-4-6-9-20)23(30-24)21-15-12-18(25)16-22(21)26;/h4-6,8-16H,2-3,7H2,1H3,(H,27,28);1H/q+1;/p-1. The van der Waals surface area contributed by atoms with Crippen LogP contribution in [-0.4, -0.2) is 5.10 Å². The zero-order chi connectivity index (χ0) is 20.9. The van der Waals surface area contributed by atoms with Crippen molar-refractivity contribution in [1.29, 1.82) is 0 Å². The van der Waals surface area contributed by atoms with Crippen molar-refractivity contribution in [2.75, 3.05) is 5.32 Å². The third-order valence-electron chi connectivity index (χ3n) is 4.76. The number of para-hydroxylation sites is 1. The van der Waals surface area contributed by atoms with Crippen molar-refractivity contribution in [3.63, 3.8) is 0 Å². The molecule has 0 fully saturated rings. The van der Waals surface area contributed by atoms with Crippen LogP contribution in [0.3, 0.4) is 0 Å². The van der Waals surface area contributed by atoms with Crippen molar-refractivity contribution < 1.29 is 17.1 Å². The fourth-order valence-electron chi connectivity index (χ4n) is 3.18. The first-order valence-electron chi connectivity index (χ1n) is 9.94. The summed E-state index contributed by atoms with van der Waals surface area (Å²) in [4.78, 5) is 0. The molecule has 0 radical (unpaired) electrons. The minimum absolute atomic E-state index is 0. The Bertz CT molecular complexity index is 1130. The lowest BCUT2D eigenvalue weighted by Crippen LogP contribution is -3.00. The van der Waals surface area contributed by atoms with Crippen LogP contribution >= 0.6 is 34.5 Å². The Morgan fingerprint density at radius 2 is 1.71 bits per heavy atom. The molecule has 1 aromatic heterocycles. The van der Waals surface area contributed by atoms with E-state index in [1.165, 1.54) is 18.4 Å². The Balaban J connectivity index is 0.00000272. The summed E-state index contributed by atoms with van der Waals surface area (Å²) in [7, 11) is 0. The minimum Gasteiger partial charge on any atom is -1.00 e. The van der Waals surface area contributed by atoms with Crippen LogP contribution < -0.4 is 22.4 Å². The molecule has 0 aliphatic rings. The van der Waals surface area contributed by atoms with Crippen molar-refractivity contribution in [3.05, 3.63) is 88.4 Å². The molecule has 3 aromatic carbocycles. The van der Waals surface area contributed by atoms with Gasteiger partial charge in [0.15, 0.2) is 0 Å². The number of nitrogens with one attached hydrogen (secondary N) is 1. The maximum atomic E-state index is 6.51. The summed E-state index contributed by atoms with van der Waals surface area (Å²) in [6.45, 7) is 2.21. The molecule has 4 rings (SSSR count). The second-order valence-electron chi connectivity index (χ2n) is 7.01. The SMILES string of the molecule is CCCCc1ccc(Nc2n[n+](-c3ccccc3)c(-c3ccc(Cl)cc3Cl)s2)cc1.[Cl-]. The number of anilines is 2. The van der Waals surface area contributed by atoms with E-state index in [4.69, 9.17) is 28.3 Å². The Labute approximate surface area is 203 Å². The number of hydrogen-bond acceptors (Lipinski definition) is 3. The molecule has 0 spiro atoms. The smallest absolute Gasteiger partial charge is 0.306 e. The number of nitrogens with zero attached hydrogens (tertiary/aromatic N) is 2. The lowest BCUT2D eigenvalue weighted by molar-refractivity contribution is -0.642. The van der Waals surface area contributed by atoms with Gasteiger partial charge >= 0.3 is 5.01 Å². The highest BCUT2D eigenvalue weighted by Gasteiger charge is 2.26. The first-order valence-corrected chi connectivity index (χ1v) is 11.5. The van der Waals surface area contributed by atoms with Gasteiger partial charge in [0.2, 0.25) is 5.69 Å². The van der Waals surface area contributed by atoms with Crippen LogP contribution in [0.2, 0.25) is 10.0 Å². The molecule has 7 heteroatoms. The van der Waals surface area contributed by atoms with Crippen molar-refractivity contribution in [2.45, 2.75) is 26.2 Å². The van der Waals surface area contributed by atoms with Crippen molar-refractivity contribution in [2.24, 2.45) is 0 Å². The van der Waals surface area contributed by atoms with E-state index in [0.29, 0.717) is 10.0 Å². The van der Waals surface area contributed by atoms with Gasteiger partial charge in [0, 0.05) is 27.9 Å². The zero-order valence-electron chi connectivity index (χ0n) is 17.0. The van der Waals surface area contributed by atoms with Crippen LogP contribution in [0.15, 0.2) is 72.8 Å². The highest BCUT2D eigenvalue weighted by Crippen LogP contribution is 2.34. The third-order valence-corrected chi connectivity index (χ3v) is 6.27. The second-order valence-corrected chi connectivity index (χ2v) is 8.83. The molecule has 0 amide bonds. The summed E-state index contributed by atoms with van der Waals surface area (Å²) in [5, 5.41) is 11.2. The Morgan fingerprint density at radius 3 is 2.39 bits per heavy atom. The summed E-state index contributed by atoms with van der Waals surface area (Å²) in [5.41, 5.74) is 4.23. The maximum absolute atomic E-state index is 6.51. The summed E-state index contributed by atoms with van der Waals surface area (Å²) < 4.78 is 1.91. The van der Waals surface area contributed by atoms with Gasteiger partial charge in [-0.1, -0.05) is 66.9 Å². The van der Waals surface area contributed by atoms with Crippen molar-refractivity contribution in [1.82, 2.24) is 5.10 Å². The Morgan fingerprint density at radius 1 is 0.968 bits per heavy atom. The highest BCUT2D eigenvalue weighted by molar-refractivity contribution is 7.18. The normalized spacial score (nSPS) is 10.5. The number of benzene rings is 3. The predicted octanol–water partition coefficient (Wildman–Crippen LogP) is 4.48. The summed E-state index contributed by atoms with van der Waals surface area (Å²) in [5.74, 6) is 0. The Kier molecular flexibility index (Phi) is 8.33. The van der Waals surface area contributed by atoms with E-state index in [1.54, 1.807) is 17.4 Å². The molecule has 3 nitrogen and oxygen atoms in total. The first kappa shape index (κ1) is 23.6. The van der Waals surface area contributed by atoms with Gasteiger partial charge in [-0.15, -0.1) is 0 Å². The number of halogens is 3. The lowest BCUT2D eigenvalue weighted by atomic mass is 10.1. The van der Waals surface area contributed by atoms with Crippen molar-refractivity contribution >= 4 is 45.4 Å². The molecule has 0 bridgehead atoms. The fraction of sp³-hybridized carbons (Fsp3) is 0.167. The summed E-state index contributed by atoms with van der Waals surface area (Å²) >= 11 is 14.2. The minimum atomic E-state index is 0. The van der Waals surface area contributed by atoms with E-state index < -0.39 is 0 Å². The molecular formula is C24H22Cl3N3S. The van der Waals surface area contributed by atoms with E-state index in [0.717, 1.165) is 33.5 Å². The number of unbranched alkanes of at least 4 members (excludes halogenated alkanes) is 1. The highest BCUT2D eigenvalue weighted by atomic mass is 35.5. The molecule has 0 saturated heterocycles. The molecule has 1 heterocycles. The molecule has 0 aliphatic carbocycles. The molecule has 31 heavy (non-hydrogen) atoms. The monoisotopic (exact) mass is 489 g/mol. The number of hydrogen-bond donors (Lipinski definition) is 1. The zero-order valence-corrected chi connectivity index (χ0v) is 20.1. The van der Waals surface area contributed by atoms with Crippen LogP contribution in [0, 0.1) is 0 Å². The maximum Gasteiger partial charge on any atom is 0.306 e. The number of aryl methyl sites for hydroxylation is 1. The van der Waals surface area contributed by atoms with Gasteiger partial charge in [0.05, 0.1) is 10.6 Å².